The molecule has 0 saturated carbocycles. The quantitative estimate of drug-likeness (QED) is 0.678. The molecule has 0 aliphatic heterocycles. The molecule has 3 rings (SSSR count). The molecule has 2 aromatic rings. The van der Waals surface area contributed by atoms with E-state index in [0.29, 0.717) is 0 Å². The lowest BCUT2D eigenvalue weighted by atomic mass is 9.97. The van der Waals surface area contributed by atoms with Crippen LogP contribution in [-0.2, 0) is 12.8 Å². The van der Waals surface area contributed by atoms with Gasteiger partial charge in [0.15, 0.2) is 5.82 Å². The van der Waals surface area contributed by atoms with Crippen LogP contribution in [0.1, 0.15) is 24.1 Å². The van der Waals surface area contributed by atoms with Gasteiger partial charge in [-0.2, -0.15) is 0 Å². The molecule has 0 fully saturated rings. The first-order valence-electron chi connectivity index (χ1n) is 8.11. The van der Waals surface area contributed by atoms with Crippen LogP contribution in [0.15, 0.2) is 35.4 Å². The second-order valence-electron chi connectivity index (χ2n) is 6.16. The van der Waals surface area contributed by atoms with Gasteiger partial charge >= 0.3 is 0 Å². The van der Waals surface area contributed by atoms with Crippen molar-refractivity contribution < 1.29 is 4.90 Å². The minimum absolute atomic E-state index is 0.890. The molecule has 1 aromatic carbocycles. The third-order valence-corrected chi connectivity index (χ3v) is 5.04. The molecular formula is C18H24N3S+. The van der Waals surface area contributed by atoms with Crippen LogP contribution in [0.4, 0.5) is 0 Å². The summed E-state index contributed by atoms with van der Waals surface area (Å²) in [7, 11) is 4.40. The fourth-order valence-corrected chi connectivity index (χ4v) is 4.00. The summed E-state index contributed by atoms with van der Waals surface area (Å²) < 4.78 is 0. The third-order valence-electron chi connectivity index (χ3n) is 4.02. The average Bonchev–Trinajstić information content (AvgIpc) is 2.55. The number of nitrogens with zero attached hydrogens (tertiary/aromatic N) is 2. The number of benzene rings is 1. The molecule has 0 bridgehead atoms. The number of thioether (sulfide) groups is 1. The number of aryl methyl sites for hydroxylation is 1. The Morgan fingerprint density at radius 3 is 2.59 bits per heavy atom. The molecule has 0 amide bonds. The van der Waals surface area contributed by atoms with E-state index in [1.54, 1.807) is 0 Å². The summed E-state index contributed by atoms with van der Waals surface area (Å²) in [5.74, 6) is 2.00. The van der Waals surface area contributed by atoms with Gasteiger partial charge in [0.25, 0.3) is 0 Å². The molecule has 4 heteroatoms. The van der Waals surface area contributed by atoms with Crippen molar-refractivity contribution in [1.82, 2.24) is 9.97 Å². The maximum absolute atomic E-state index is 4.90. The summed E-state index contributed by atoms with van der Waals surface area (Å²) in [6.45, 7) is 1.16. The van der Waals surface area contributed by atoms with Gasteiger partial charge in [0.05, 0.1) is 20.6 Å². The Kier molecular flexibility index (Phi) is 5.11. The highest BCUT2D eigenvalue weighted by molar-refractivity contribution is 7.99. The Morgan fingerprint density at radius 2 is 1.82 bits per heavy atom. The topological polar surface area (TPSA) is 30.2 Å². The maximum atomic E-state index is 4.90. The van der Waals surface area contributed by atoms with Gasteiger partial charge in [-0.3, -0.25) is 0 Å². The van der Waals surface area contributed by atoms with Gasteiger partial charge < -0.3 is 4.90 Å². The van der Waals surface area contributed by atoms with E-state index in [2.05, 4.69) is 38.4 Å². The molecule has 3 nitrogen and oxygen atoms in total. The summed E-state index contributed by atoms with van der Waals surface area (Å²) in [6.07, 6.45) is 4.77. The molecule has 0 radical (unpaired) electrons. The average molecular weight is 314 g/mol. The normalized spacial score (nSPS) is 14.1. The van der Waals surface area contributed by atoms with E-state index >= 15 is 0 Å². The fraction of sp³-hybridized carbons (Fsp3) is 0.444. The second kappa shape index (κ2) is 7.25. The van der Waals surface area contributed by atoms with Crippen molar-refractivity contribution in [3.8, 4) is 11.4 Å². The molecule has 0 unspecified atom stereocenters. The Balaban J connectivity index is 1.92. The van der Waals surface area contributed by atoms with Crippen LogP contribution >= 0.6 is 11.8 Å². The van der Waals surface area contributed by atoms with Crippen molar-refractivity contribution in [1.29, 1.82) is 0 Å². The van der Waals surface area contributed by atoms with Crippen LogP contribution in [0, 0.1) is 0 Å². The van der Waals surface area contributed by atoms with E-state index in [1.165, 1.54) is 34.0 Å². The van der Waals surface area contributed by atoms with E-state index in [9.17, 15) is 0 Å². The molecule has 0 atom stereocenters. The highest BCUT2D eigenvalue weighted by atomic mass is 32.2. The van der Waals surface area contributed by atoms with E-state index in [1.807, 2.05) is 17.8 Å². The highest BCUT2D eigenvalue weighted by Gasteiger charge is 2.18. The monoisotopic (exact) mass is 314 g/mol. The summed E-state index contributed by atoms with van der Waals surface area (Å²) in [5, 5.41) is 1.21. The molecule has 22 heavy (non-hydrogen) atoms. The predicted molar refractivity (Wildman–Crippen MR) is 92.5 cm³/mol. The van der Waals surface area contributed by atoms with Gasteiger partial charge in [0.1, 0.15) is 5.03 Å². The van der Waals surface area contributed by atoms with Crippen molar-refractivity contribution in [3.63, 3.8) is 0 Å². The lowest BCUT2D eigenvalue weighted by Gasteiger charge is -2.19. The number of hydrogen-bond acceptors (Lipinski definition) is 3. The standard InChI is InChI=1S/C18H23N3S/c1-21(2)12-13-22-18-15-10-6-7-11-16(15)19-17(20-18)14-8-4-3-5-9-14/h3-5,8-9H,6-7,10-13H2,1-2H3/p+1. The molecule has 1 aliphatic carbocycles. The molecule has 1 aromatic heterocycles. The minimum atomic E-state index is 0.890. The predicted octanol–water partition coefficient (Wildman–Crippen LogP) is 2.26. The number of hydrogen-bond donors (Lipinski definition) is 1. The molecule has 1 aliphatic rings. The molecular weight excluding hydrogens is 290 g/mol. The van der Waals surface area contributed by atoms with Crippen molar-refractivity contribution in [3.05, 3.63) is 41.6 Å². The first-order chi connectivity index (χ1) is 10.7. The lowest BCUT2D eigenvalue weighted by molar-refractivity contribution is -0.855. The molecule has 116 valence electrons. The van der Waals surface area contributed by atoms with E-state index in [0.717, 1.165) is 36.5 Å². The van der Waals surface area contributed by atoms with Gasteiger partial charge in [0.2, 0.25) is 0 Å². The zero-order valence-electron chi connectivity index (χ0n) is 13.4. The Bertz CT molecular complexity index is 626. The van der Waals surface area contributed by atoms with Crippen LogP contribution in [0.25, 0.3) is 11.4 Å². The molecule has 0 spiro atoms. The lowest BCUT2D eigenvalue weighted by Crippen LogP contribution is -3.06. The van der Waals surface area contributed by atoms with Gasteiger partial charge in [0, 0.05) is 22.6 Å². The molecule has 1 N–H and O–H groups in total. The first kappa shape index (κ1) is 15.5. The summed E-state index contributed by atoms with van der Waals surface area (Å²) in [6, 6.07) is 10.4. The highest BCUT2D eigenvalue weighted by Crippen LogP contribution is 2.30. The van der Waals surface area contributed by atoms with E-state index < -0.39 is 0 Å². The van der Waals surface area contributed by atoms with Gasteiger partial charge in [-0.05, 0) is 25.7 Å². The van der Waals surface area contributed by atoms with Crippen LogP contribution in [0.3, 0.4) is 0 Å². The Morgan fingerprint density at radius 1 is 1.05 bits per heavy atom. The SMILES string of the molecule is C[NH+](C)CCSc1nc(-c2ccccc2)nc2c1CCCC2. The van der Waals surface area contributed by atoms with E-state index in [4.69, 9.17) is 9.97 Å². The zero-order chi connectivity index (χ0) is 15.4. The van der Waals surface area contributed by atoms with Gasteiger partial charge in [-0.15, -0.1) is 11.8 Å². The number of aromatic nitrogens is 2. The maximum Gasteiger partial charge on any atom is 0.160 e. The van der Waals surface area contributed by atoms with Crippen LogP contribution in [0.5, 0.6) is 0 Å². The fourth-order valence-electron chi connectivity index (χ4n) is 2.75. The Hall–Kier alpha value is -1.39. The second-order valence-corrected chi connectivity index (χ2v) is 7.24. The van der Waals surface area contributed by atoms with Crippen LogP contribution < -0.4 is 4.90 Å². The minimum Gasteiger partial charge on any atom is -0.339 e. The largest absolute Gasteiger partial charge is 0.339 e. The zero-order valence-corrected chi connectivity index (χ0v) is 14.2. The van der Waals surface area contributed by atoms with Crippen molar-refractivity contribution in [2.45, 2.75) is 30.7 Å². The van der Waals surface area contributed by atoms with Crippen LogP contribution in [-0.4, -0.2) is 36.4 Å². The van der Waals surface area contributed by atoms with Crippen molar-refractivity contribution in [2.75, 3.05) is 26.4 Å². The molecule has 1 heterocycles. The van der Waals surface area contributed by atoms with E-state index in [-0.39, 0.29) is 0 Å². The first-order valence-corrected chi connectivity index (χ1v) is 9.09. The van der Waals surface area contributed by atoms with Crippen LogP contribution in [0.2, 0.25) is 0 Å². The molecule has 0 saturated heterocycles. The number of quaternary nitrogens is 1. The summed E-state index contributed by atoms with van der Waals surface area (Å²) >= 11 is 1.90. The van der Waals surface area contributed by atoms with Crippen molar-refractivity contribution in [2.24, 2.45) is 0 Å². The Labute approximate surface area is 137 Å². The number of fused-ring (bicyclic) bond motifs is 1. The number of nitrogens with one attached hydrogen (secondary N) is 1. The number of rotatable bonds is 5. The smallest absolute Gasteiger partial charge is 0.160 e. The van der Waals surface area contributed by atoms with Gasteiger partial charge in [-0.25, -0.2) is 9.97 Å². The van der Waals surface area contributed by atoms with Gasteiger partial charge in [-0.1, -0.05) is 30.3 Å². The van der Waals surface area contributed by atoms with Crippen molar-refractivity contribution >= 4 is 11.8 Å². The summed E-state index contributed by atoms with van der Waals surface area (Å²) in [4.78, 5) is 11.2. The summed E-state index contributed by atoms with van der Waals surface area (Å²) in [5.41, 5.74) is 3.81. The third kappa shape index (κ3) is 3.68.